The Morgan fingerprint density at radius 2 is 2.10 bits per heavy atom. The smallest absolute Gasteiger partial charge is 0.311 e. The third kappa shape index (κ3) is 3.05. The summed E-state index contributed by atoms with van der Waals surface area (Å²) in [5, 5.41) is 7.92. The zero-order valence-corrected chi connectivity index (χ0v) is 11.9. The molecule has 2 aromatic rings. The van der Waals surface area contributed by atoms with Gasteiger partial charge in [-0.1, -0.05) is 17.7 Å². The summed E-state index contributed by atoms with van der Waals surface area (Å²) < 4.78 is 18.4. The lowest BCUT2D eigenvalue weighted by Crippen LogP contribution is -2.27. The molecule has 0 unspecified atom stereocenters. The molecule has 0 atom stereocenters. The summed E-state index contributed by atoms with van der Waals surface area (Å²) in [6.07, 6.45) is 2.26. The first kappa shape index (κ1) is 14.0. The summed E-state index contributed by atoms with van der Waals surface area (Å²) in [5.74, 6) is -0.369. The first-order valence-corrected chi connectivity index (χ1v) is 7.07. The fourth-order valence-electron chi connectivity index (χ4n) is 2.29. The van der Waals surface area contributed by atoms with E-state index in [9.17, 15) is 9.18 Å². The van der Waals surface area contributed by atoms with Crippen LogP contribution in [-0.2, 0) is 6.42 Å². The predicted octanol–water partition coefficient (Wildman–Crippen LogP) is 2.69. The number of aromatic nitrogens is 2. The Balaban J connectivity index is 1.74. The van der Waals surface area contributed by atoms with E-state index in [4.69, 9.17) is 16.0 Å². The van der Waals surface area contributed by atoms with E-state index >= 15 is 0 Å². The molecule has 0 bridgehead atoms. The van der Waals surface area contributed by atoms with Gasteiger partial charge in [-0.15, -0.1) is 10.2 Å². The second kappa shape index (κ2) is 5.81. The number of hydrogen-bond acceptors (Lipinski definition) is 4. The Labute approximate surface area is 125 Å². The summed E-state index contributed by atoms with van der Waals surface area (Å²) >= 11 is 5.95. The van der Waals surface area contributed by atoms with Crippen molar-refractivity contribution in [2.75, 3.05) is 13.1 Å². The van der Waals surface area contributed by atoms with E-state index < -0.39 is 5.82 Å². The molecule has 1 aromatic heterocycles. The number of likely N-dealkylation sites (tertiary alicyclic amines) is 1. The molecule has 110 valence electrons. The van der Waals surface area contributed by atoms with Crippen LogP contribution in [0.3, 0.4) is 0 Å². The van der Waals surface area contributed by atoms with Gasteiger partial charge in [0, 0.05) is 18.1 Å². The minimum absolute atomic E-state index is 0.00914. The molecule has 0 N–H and O–H groups in total. The minimum atomic E-state index is -0.404. The molecule has 1 fully saturated rings. The highest BCUT2D eigenvalue weighted by atomic mass is 35.5. The molecule has 1 aliphatic rings. The monoisotopic (exact) mass is 309 g/mol. The van der Waals surface area contributed by atoms with Crippen molar-refractivity contribution in [1.82, 2.24) is 15.1 Å². The molecule has 5 nitrogen and oxygen atoms in total. The number of carbonyl (C=O) groups excluding carboxylic acids is 1. The maximum absolute atomic E-state index is 13.0. The Kier molecular flexibility index (Phi) is 3.88. The topological polar surface area (TPSA) is 59.2 Å². The average Bonchev–Trinajstić information content (AvgIpc) is 3.12. The molecule has 1 aromatic carbocycles. The van der Waals surface area contributed by atoms with Gasteiger partial charge in [-0.25, -0.2) is 4.39 Å². The van der Waals surface area contributed by atoms with E-state index in [1.165, 1.54) is 12.1 Å². The molecule has 0 spiro atoms. The van der Waals surface area contributed by atoms with Crippen LogP contribution in [0, 0.1) is 5.82 Å². The Hall–Kier alpha value is -1.95. The van der Waals surface area contributed by atoms with E-state index in [1.54, 1.807) is 11.0 Å². The number of amides is 1. The largest absolute Gasteiger partial charge is 0.417 e. The molecule has 1 saturated heterocycles. The van der Waals surface area contributed by atoms with Gasteiger partial charge < -0.3 is 9.32 Å². The fourth-order valence-corrected chi connectivity index (χ4v) is 2.53. The van der Waals surface area contributed by atoms with E-state index in [0.29, 0.717) is 10.6 Å². The van der Waals surface area contributed by atoms with E-state index in [1.807, 2.05) is 0 Å². The maximum Gasteiger partial charge on any atom is 0.311 e. The second-order valence-electron chi connectivity index (χ2n) is 4.91. The summed E-state index contributed by atoms with van der Waals surface area (Å²) in [6, 6.07) is 4.10. The number of hydrogen-bond donors (Lipinski definition) is 0. The van der Waals surface area contributed by atoms with Crippen LogP contribution in [0.4, 0.5) is 4.39 Å². The molecule has 2 heterocycles. The van der Waals surface area contributed by atoms with Gasteiger partial charge in [-0.2, -0.15) is 0 Å². The standard InChI is InChI=1S/C14H13ClFN3O2/c15-11-8-10(16)4-3-9(11)7-12-17-18-13(21-12)14(20)19-5-1-2-6-19/h3-4,8H,1-2,5-7H2. The molecule has 7 heteroatoms. The van der Waals surface area contributed by atoms with Crippen molar-refractivity contribution in [3.8, 4) is 0 Å². The molecular weight excluding hydrogens is 297 g/mol. The molecule has 0 saturated carbocycles. The van der Waals surface area contributed by atoms with Crippen molar-refractivity contribution in [3.05, 3.63) is 46.4 Å². The number of rotatable bonds is 3. The minimum Gasteiger partial charge on any atom is -0.417 e. The quantitative estimate of drug-likeness (QED) is 0.874. The first-order valence-electron chi connectivity index (χ1n) is 6.69. The van der Waals surface area contributed by atoms with Crippen molar-refractivity contribution in [2.45, 2.75) is 19.3 Å². The molecule has 0 radical (unpaired) electrons. The van der Waals surface area contributed by atoms with E-state index in [0.717, 1.165) is 25.9 Å². The summed E-state index contributed by atoms with van der Waals surface area (Å²) in [4.78, 5) is 13.8. The lowest BCUT2D eigenvalue weighted by atomic mass is 10.1. The summed E-state index contributed by atoms with van der Waals surface area (Å²) in [7, 11) is 0. The van der Waals surface area contributed by atoms with Crippen LogP contribution in [-0.4, -0.2) is 34.1 Å². The predicted molar refractivity (Wildman–Crippen MR) is 73.7 cm³/mol. The van der Waals surface area contributed by atoms with Gasteiger partial charge in [0.15, 0.2) is 0 Å². The third-order valence-electron chi connectivity index (χ3n) is 3.40. The zero-order valence-electron chi connectivity index (χ0n) is 11.2. The highest BCUT2D eigenvalue weighted by Crippen LogP contribution is 2.20. The third-order valence-corrected chi connectivity index (χ3v) is 3.75. The Bertz CT molecular complexity index is 668. The van der Waals surface area contributed by atoms with Crippen LogP contribution in [0.2, 0.25) is 5.02 Å². The van der Waals surface area contributed by atoms with E-state index in [-0.39, 0.29) is 24.1 Å². The second-order valence-corrected chi connectivity index (χ2v) is 5.32. The highest BCUT2D eigenvalue weighted by molar-refractivity contribution is 6.31. The molecule has 21 heavy (non-hydrogen) atoms. The molecule has 3 rings (SSSR count). The van der Waals surface area contributed by atoms with Crippen LogP contribution in [0.25, 0.3) is 0 Å². The van der Waals surface area contributed by atoms with Crippen LogP contribution in [0.1, 0.15) is 35.0 Å². The summed E-state index contributed by atoms with van der Waals surface area (Å²) in [6.45, 7) is 1.45. The van der Waals surface area contributed by atoms with Crippen LogP contribution < -0.4 is 0 Å². The number of nitrogens with zero attached hydrogens (tertiary/aromatic N) is 3. The SMILES string of the molecule is O=C(c1nnc(Cc2ccc(F)cc2Cl)o1)N1CCCC1. The number of halogens is 2. The maximum atomic E-state index is 13.0. The van der Waals surface area contributed by atoms with Gasteiger partial charge in [0.2, 0.25) is 5.89 Å². The molecular formula is C14H13ClFN3O2. The fraction of sp³-hybridized carbons (Fsp3) is 0.357. The Morgan fingerprint density at radius 1 is 1.33 bits per heavy atom. The van der Waals surface area contributed by atoms with Crippen molar-refractivity contribution in [1.29, 1.82) is 0 Å². The van der Waals surface area contributed by atoms with Gasteiger partial charge in [-0.3, -0.25) is 4.79 Å². The summed E-state index contributed by atoms with van der Waals surface area (Å²) in [5.41, 5.74) is 0.668. The van der Waals surface area contributed by atoms with Gasteiger partial charge in [-0.05, 0) is 30.5 Å². The van der Waals surface area contributed by atoms with Gasteiger partial charge in [0.1, 0.15) is 5.82 Å². The van der Waals surface area contributed by atoms with Gasteiger partial charge >= 0.3 is 11.8 Å². The van der Waals surface area contributed by atoms with Gasteiger partial charge in [0.25, 0.3) is 0 Å². The van der Waals surface area contributed by atoms with Crippen LogP contribution in [0.5, 0.6) is 0 Å². The highest BCUT2D eigenvalue weighted by Gasteiger charge is 2.24. The van der Waals surface area contributed by atoms with Crippen LogP contribution >= 0.6 is 11.6 Å². The lowest BCUT2D eigenvalue weighted by molar-refractivity contribution is 0.0751. The van der Waals surface area contributed by atoms with E-state index in [2.05, 4.69) is 10.2 Å². The molecule has 0 aliphatic carbocycles. The number of carbonyl (C=O) groups is 1. The number of benzene rings is 1. The zero-order chi connectivity index (χ0) is 14.8. The molecule has 1 aliphatic heterocycles. The average molecular weight is 310 g/mol. The van der Waals surface area contributed by atoms with Crippen molar-refractivity contribution in [2.24, 2.45) is 0 Å². The first-order chi connectivity index (χ1) is 10.1. The normalized spacial score (nSPS) is 14.7. The van der Waals surface area contributed by atoms with Crippen molar-refractivity contribution >= 4 is 17.5 Å². The van der Waals surface area contributed by atoms with Crippen LogP contribution in [0.15, 0.2) is 22.6 Å². The van der Waals surface area contributed by atoms with Crippen molar-refractivity contribution < 1.29 is 13.6 Å². The van der Waals surface area contributed by atoms with Gasteiger partial charge in [0.05, 0.1) is 6.42 Å². The lowest BCUT2D eigenvalue weighted by Gasteiger charge is -2.11. The van der Waals surface area contributed by atoms with Crippen molar-refractivity contribution in [3.63, 3.8) is 0 Å². The Morgan fingerprint density at radius 3 is 2.81 bits per heavy atom. The molecule has 1 amide bonds.